The molecule has 0 unspecified atom stereocenters. The summed E-state index contributed by atoms with van der Waals surface area (Å²) in [5.74, 6) is 1.47. The molecule has 0 aliphatic rings. The maximum absolute atomic E-state index is 6.17. The Morgan fingerprint density at radius 3 is 1.26 bits per heavy atom. The molecule has 0 aliphatic carbocycles. The average molecular weight is 686 g/mol. The van der Waals surface area contributed by atoms with Gasteiger partial charge in [-0.25, -0.2) is 9.36 Å². The third-order valence-corrected chi connectivity index (χ3v) is 7.62. The lowest BCUT2D eigenvalue weighted by molar-refractivity contribution is 0.299. The molecule has 0 N–H and O–H groups in total. The van der Waals surface area contributed by atoms with E-state index >= 15 is 0 Å². The Morgan fingerprint density at radius 2 is 0.881 bits per heavy atom. The molecule has 0 spiro atoms. The number of rotatable bonds is 11. The van der Waals surface area contributed by atoms with Gasteiger partial charge in [-0.15, -0.1) is 10.2 Å². The van der Waals surface area contributed by atoms with Crippen molar-refractivity contribution in [2.24, 2.45) is 0 Å². The van der Waals surface area contributed by atoms with Gasteiger partial charge in [0.25, 0.3) is 0 Å². The molecule has 2 heterocycles. The first-order valence-corrected chi connectivity index (χ1v) is 14.9. The van der Waals surface area contributed by atoms with Gasteiger partial charge in [0.05, 0.1) is 13.1 Å². The summed E-state index contributed by atoms with van der Waals surface area (Å²) in [5.41, 5.74) is 5.11. The summed E-state index contributed by atoms with van der Waals surface area (Å²) >= 11 is 6.96. The molecule has 210 valence electrons. The first-order valence-electron chi connectivity index (χ1n) is 13.3. The Kier molecular flexibility index (Phi) is 8.72. The van der Waals surface area contributed by atoms with Crippen molar-refractivity contribution in [3.8, 4) is 22.9 Å². The van der Waals surface area contributed by atoms with Gasteiger partial charge in [-0.1, -0.05) is 103 Å². The Morgan fingerprint density at radius 1 is 0.500 bits per heavy atom. The second-order valence-corrected chi connectivity index (χ2v) is 11.4. The zero-order valence-electron chi connectivity index (χ0n) is 22.5. The Balaban J connectivity index is 1.41. The molecule has 42 heavy (non-hydrogen) atoms. The predicted molar refractivity (Wildman–Crippen MR) is 167 cm³/mol. The quantitative estimate of drug-likeness (QED) is 0.142. The van der Waals surface area contributed by atoms with E-state index < -0.39 is 0 Å². The summed E-state index contributed by atoms with van der Waals surface area (Å²) < 4.78 is 18.1. The molecule has 4 aromatic carbocycles. The fraction of sp³-hybridized carbons (Fsp3) is 0.125. The summed E-state index contributed by atoms with van der Waals surface area (Å²) in [6.07, 6.45) is 0. The van der Waals surface area contributed by atoms with Crippen LogP contribution in [0, 0.1) is 0 Å². The summed E-state index contributed by atoms with van der Waals surface area (Å²) in [6.45, 7) is 1.47. The maximum Gasteiger partial charge on any atom is 0.134 e. The normalized spacial score (nSPS) is 11.0. The van der Waals surface area contributed by atoms with Gasteiger partial charge in [-0.3, -0.25) is 0 Å². The molecule has 0 fully saturated rings. The highest BCUT2D eigenvalue weighted by atomic mass is 79.9. The van der Waals surface area contributed by atoms with Crippen LogP contribution in [0.2, 0.25) is 0 Å². The van der Waals surface area contributed by atoms with Gasteiger partial charge < -0.3 is 9.47 Å². The van der Waals surface area contributed by atoms with Crippen molar-refractivity contribution in [3.63, 3.8) is 0 Å². The van der Waals surface area contributed by atoms with Crippen LogP contribution in [0.5, 0.6) is 11.5 Å². The van der Waals surface area contributed by atoms with Gasteiger partial charge in [0.15, 0.2) is 0 Å². The van der Waals surface area contributed by atoms with Gasteiger partial charge in [0.1, 0.15) is 47.5 Å². The molecule has 0 atom stereocenters. The third kappa shape index (κ3) is 6.78. The van der Waals surface area contributed by atoms with E-state index in [1.54, 1.807) is 0 Å². The van der Waals surface area contributed by atoms with E-state index in [1.165, 1.54) is 0 Å². The van der Waals surface area contributed by atoms with Crippen LogP contribution < -0.4 is 9.47 Å². The minimum Gasteiger partial charge on any atom is -0.487 e. The van der Waals surface area contributed by atoms with Crippen LogP contribution >= 0.6 is 31.9 Å². The minimum atomic E-state index is 0.218. The second-order valence-electron chi connectivity index (χ2n) is 9.54. The average Bonchev–Trinajstić information content (AvgIpc) is 3.60. The molecular formula is C32H26Br2N6O2. The lowest BCUT2D eigenvalue weighted by atomic mass is 10.1. The number of hydrogen-bond acceptors (Lipinski definition) is 6. The summed E-state index contributed by atoms with van der Waals surface area (Å²) in [5, 5.41) is 18.3. The van der Waals surface area contributed by atoms with E-state index in [1.807, 2.05) is 94.3 Å². The molecule has 0 aliphatic heterocycles. The highest BCUT2D eigenvalue weighted by Gasteiger charge is 2.25. The lowest BCUT2D eigenvalue weighted by Gasteiger charge is -2.13. The van der Waals surface area contributed by atoms with Gasteiger partial charge in [-0.05, 0) is 59.7 Å². The fourth-order valence-electron chi connectivity index (χ4n) is 4.51. The number of ether oxygens (including phenoxy) is 2. The Hall–Kier alpha value is -4.28. The molecule has 0 radical (unpaired) electrons. The molecule has 6 rings (SSSR count). The zero-order chi connectivity index (χ0) is 28.7. The fourth-order valence-corrected chi connectivity index (χ4v) is 5.04. The number of nitrogens with zero attached hydrogens (tertiary/aromatic N) is 6. The van der Waals surface area contributed by atoms with Gasteiger partial charge in [0, 0.05) is 8.95 Å². The van der Waals surface area contributed by atoms with Crippen molar-refractivity contribution in [3.05, 3.63) is 141 Å². The molecule has 10 heteroatoms. The Bertz CT molecular complexity index is 1610. The molecule has 0 amide bonds. The van der Waals surface area contributed by atoms with E-state index in [0.717, 1.165) is 43.0 Å². The number of aromatic nitrogens is 6. The molecular weight excluding hydrogens is 660 g/mol. The topological polar surface area (TPSA) is 79.9 Å². The molecule has 8 nitrogen and oxygen atoms in total. The van der Waals surface area contributed by atoms with Crippen molar-refractivity contribution in [2.45, 2.75) is 26.3 Å². The number of benzene rings is 4. The van der Waals surface area contributed by atoms with Crippen LogP contribution in [0.3, 0.4) is 0 Å². The van der Waals surface area contributed by atoms with Crippen molar-refractivity contribution >= 4 is 31.9 Å². The largest absolute Gasteiger partial charge is 0.487 e. The monoisotopic (exact) mass is 684 g/mol. The molecule has 6 aromatic rings. The van der Waals surface area contributed by atoms with E-state index in [2.05, 4.69) is 76.7 Å². The highest BCUT2D eigenvalue weighted by Crippen LogP contribution is 2.29. The standard InChI is InChI=1S/C32H26Br2N6O2/c33-25-11-15-27(16-12-25)41-21-29-31(39(37-35-29)19-23-7-3-1-4-8-23)32-30(22-42-28-17-13-26(34)14-18-28)36-38-40(32)20-24-9-5-2-6-10-24/h1-18H,19-22H2. The van der Waals surface area contributed by atoms with Crippen molar-refractivity contribution in [2.75, 3.05) is 0 Å². The van der Waals surface area contributed by atoms with Crippen LogP contribution in [0.25, 0.3) is 11.4 Å². The van der Waals surface area contributed by atoms with Crippen molar-refractivity contribution < 1.29 is 9.47 Å². The van der Waals surface area contributed by atoms with Crippen molar-refractivity contribution in [1.82, 2.24) is 30.0 Å². The van der Waals surface area contributed by atoms with Crippen molar-refractivity contribution in [1.29, 1.82) is 0 Å². The summed E-state index contributed by atoms with van der Waals surface area (Å²) in [4.78, 5) is 0. The molecule has 0 saturated heterocycles. The predicted octanol–water partition coefficient (Wildman–Crippen LogP) is 7.32. The third-order valence-electron chi connectivity index (χ3n) is 6.56. The van der Waals surface area contributed by atoms with Gasteiger partial charge in [0.2, 0.25) is 0 Å². The van der Waals surface area contributed by atoms with E-state index in [-0.39, 0.29) is 13.2 Å². The molecule has 0 bridgehead atoms. The zero-order valence-corrected chi connectivity index (χ0v) is 25.6. The van der Waals surface area contributed by atoms with E-state index in [0.29, 0.717) is 24.5 Å². The number of hydrogen-bond donors (Lipinski definition) is 0. The highest BCUT2D eigenvalue weighted by molar-refractivity contribution is 9.10. The van der Waals surface area contributed by atoms with Crippen LogP contribution in [-0.2, 0) is 26.3 Å². The van der Waals surface area contributed by atoms with Crippen LogP contribution in [0.1, 0.15) is 22.5 Å². The van der Waals surface area contributed by atoms with Crippen LogP contribution in [0.4, 0.5) is 0 Å². The maximum atomic E-state index is 6.17. The first kappa shape index (κ1) is 27.9. The molecule has 0 saturated carbocycles. The molecule has 2 aromatic heterocycles. The Labute approximate surface area is 260 Å². The minimum absolute atomic E-state index is 0.218. The smallest absolute Gasteiger partial charge is 0.134 e. The SMILES string of the molecule is Brc1ccc(OCc2nnn(Cc3ccccc3)c2-c2c(COc3ccc(Br)cc3)nnn2Cc2ccccc2)cc1. The van der Waals surface area contributed by atoms with Crippen LogP contribution in [-0.4, -0.2) is 30.0 Å². The van der Waals surface area contributed by atoms with E-state index in [4.69, 9.17) is 9.47 Å². The lowest BCUT2D eigenvalue weighted by Crippen LogP contribution is -2.12. The van der Waals surface area contributed by atoms with E-state index in [9.17, 15) is 0 Å². The van der Waals surface area contributed by atoms with Crippen LogP contribution in [0.15, 0.2) is 118 Å². The first-order chi connectivity index (χ1) is 20.6. The van der Waals surface area contributed by atoms with Gasteiger partial charge in [-0.2, -0.15) is 0 Å². The summed E-state index contributed by atoms with van der Waals surface area (Å²) in [6, 6.07) is 35.8. The van der Waals surface area contributed by atoms with Gasteiger partial charge >= 0.3 is 0 Å². The number of halogens is 2. The second kappa shape index (κ2) is 13.1. The summed E-state index contributed by atoms with van der Waals surface area (Å²) in [7, 11) is 0.